The van der Waals surface area contributed by atoms with Crippen molar-refractivity contribution < 1.29 is 14.3 Å². The summed E-state index contributed by atoms with van der Waals surface area (Å²) in [7, 11) is 0. The zero-order valence-electron chi connectivity index (χ0n) is 14.4. The summed E-state index contributed by atoms with van der Waals surface area (Å²) in [6.07, 6.45) is 0.874. The Labute approximate surface area is 160 Å². The molecule has 26 heavy (non-hydrogen) atoms. The van der Waals surface area contributed by atoms with Crippen LogP contribution in [0.5, 0.6) is 0 Å². The summed E-state index contributed by atoms with van der Waals surface area (Å²) in [6, 6.07) is 11.9. The fourth-order valence-electron chi connectivity index (χ4n) is 2.45. The Balaban J connectivity index is 1.38. The molecule has 0 aliphatic carbocycles. The van der Waals surface area contributed by atoms with Crippen molar-refractivity contribution in [3.63, 3.8) is 0 Å². The summed E-state index contributed by atoms with van der Waals surface area (Å²) >= 11 is 3.22. The van der Waals surface area contributed by atoms with E-state index in [9.17, 15) is 9.59 Å². The van der Waals surface area contributed by atoms with E-state index in [0.29, 0.717) is 13.0 Å². The number of aromatic nitrogens is 1. The quantitative estimate of drug-likeness (QED) is 0.594. The molecule has 1 aromatic carbocycles. The van der Waals surface area contributed by atoms with Gasteiger partial charge in [-0.3, -0.25) is 9.59 Å². The average molecular weight is 389 g/mol. The number of nitrogens with zero attached hydrogens (tertiary/aromatic N) is 1. The number of hydrogen-bond acceptors (Lipinski definition) is 6. The summed E-state index contributed by atoms with van der Waals surface area (Å²) in [5.41, 5.74) is 0.992. The topological polar surface area (TPSA) is 68.3 Å². The maximum atomic E-state index is 12.0. The van der Waals surface area contributed by atoms with Gasteiger partial charge in [0.25, 0.3) is 5.91 Å². The molecule has 0 spiro atoms. The molecule has 5 nitrogen and oxygen atoms in total. The van der Waals surface area contributed by atoms with E-state index < -0.39 is 6.10 Å². The molecule has 0 saturated carbocycles. The monoisotopic (exact) mass is 388 g/mol. The van der Waals surface area contributed by atoms with Gasteiger partial charge in [-0.2, -0.15) is 0 Å². The smallest absolute Gasteiger partial charge is 0.306 e. The number of ether oxygens (including phenoxy) is 1. The molecule has 1 N–H and O–H groups in total. The molecule has 0 radical (unpaired) electrons. The van der Waals surface area contributed by atoms with Crippen molar-refractivity contribution in [3.05, 3.63) is 51.7 Å². The molecule has 1 atom stereocenters. The highest BCUT2D eigenvalue weighted by molar-refractivity contribution is 7.18. The first-order valence-corrected chi connectivity index (χ1v) is 10.2. The predicted octanol–water partition coefficient (Wildman–Crippen LogP) is 3.93. The minimum atomic E-state index is -0.787. The van der Waals surface area contributed by atoms with Gasteiger partial charge >= 0.3 is 5.97 Å². The van der Waals surface area contributed by atoms with Crippen LogP contribution in [0, 0.1) is 0 Å². The lowest BCUT2D eigenvalue weighted by Crippen LogP contribution is -2.35. The third kappa shape index (κ3) is 5.12. The molecule has 0 saturated heterocycles. The van der Waals surface area contributed by atoms with Crippen LogP contribution in [0.1, 0.15) is 29.7 Å². The minimum Gasteiger partial charge on any atom is -0.453 e. The van der Waals surface area contributed by atoms with Crippen LogP contribution in [0.25, 0.3) is 10.2 Å². The highest BCUT2D eigenvalue weighted by Crippen LogP contribution is 2.22. The molecule has 3 aromatic rings. The average Bonchev–Trinajstić information content (AvgIpc) is 3.28. The third-order valence-corrected chi connectivity index (χ3v) is 5.78. The van der Waals surface area contributed by atoms with Gasteiger partial charge in [0.05, 0.1) is 21.8 Å². The minimum absolute atomic E-state index is 0.276. The number of para-hydroxylation sites is 1. The Bertz CT molecular complexity index is 841. The standard InChI is InChI=1S/C19H20N2O3S2/c1-13(19(23)20-12-14-6-5-11-25-14)24-18(22)10-4-9-17-21-15-7-2-3-8-16(15)26-17/h2-3,5-8,11,13H,4,9-10,12H2,1H3,(H,20,23). The van der Waals surface area contributed by atoms with E-state index >= 15 is 0 Å². The molecule has 0 bridgehead atoms. The Kier molecular flexibility index (Phi) is 6.35. The Morgan fingerprint density at radius 2 is 2.08 bits per heavy atom. The number of thiazole rings is 1. The second-order valence-corrected chi connectivity index (χ2v) is 8.01. The summed E-state index contributed by atoms with van der Waals surface area (Å²) in [5, 5.41) is 5.74. The van der Waals surface area contributed by atoms with E-state index in [2.05, 4.69) is 10.3 Å². The number of thiophene rings is 1. The summed E-state index contributed by atoms with van der Waals surface area (Å²) in [5.74, 6) is -0.636. The maximum Gasteiger partial charge on any atom is 0.306 e. The first-order chi connectivity index (χ1) is 12.6. The second kappa shape index (κ2) is 8.91. The SMILES string of the molecule is CC(OC(=O)CCCc1nc2ccccc2s1)C(=O)NCc1cccs1. The van der Waals surface area contributed by atoms with Gasteiger partial charge in [-0.25, -0.2) is 4.98 Å². The number of fused-ring (bicyclic) bond motifs is 1. The van der Waals surface area contributed by atoms with Gasteiger partial charge in [0.15, 0.2) is 6.10 Å². The molecule has 1 amide bonds. The molecule has 1 unspecified atom stereocenters. The summed E-state index contributed by atoms with van der Waals surface area (Å²) < 4.78 is 6.37. The van der Waals surface area contributed by atoms with Gasteiger partial charge < -0.3 is 10.1 Å². The van der Waals surface area contributed by atoms with E-state index in [1.165, 1.54) is 0 Å². The van der Waals surface area contributed by atoms with Crippen LogP contribution in [-0.4, -0.2) is 23.0 Å². The number of benzene rings is 1. The highest BCUT2D eigenvalue weighted by atomic mass is 32.1. The van der Waals surface area contributed by atoms with Crippen molar-refractivity contribution in [3.8, 4) is 0 Å². The van der Waals surface area contributed by atoms with E-state index in [4.69, 9.17) is 4.74 Å². The zero-order chi connectivity index (χ0) is 18.4. The number of hydrogen-bond donors (Lipinski definition) is 1. The van der Waals surface area contributed by atoms with Gasteiger partial charge in [-0.1, -0.05) is 18.2 Å². The number of rotatable bonds is 8. The molecule has 0 aliphatic rings. The zero-order valence-corrected chi connectivity index (χ0v) is 16.1. The lowest BCUT2D eigenvalue weighted by atomic mass is 10.2. The fraction of sp³-hybridized carbons (Fsp3) is 0.316. The number of esters is 1. The van der Waals surface area contributed by atoms with Crippen LogP contribution in [-0.2, 0) is 27.3 Å². The summed E-state index contributed by atoms with van der Waals surface area (Å²) in [4.78, 5) is 29.5. The second-order valence-electron chi connectivity index (χ2n) is 5.86. The molecule has 136 valence electrons. The third-order valence-electron chi connectivity index (χ3n) is 3.80. The van der Waals surface area contributed by atoms with E-state index in [1.54, 1.807) is 29.6 Å². The van der Waals surface area contributed by atoms with Crippen molar-refractivity contribution >= 4 is 44.8 Å². The van der Waals surface area contributed by atoms with Gasteiger partial charge in [-0.15, -0.1) is 22.7 Å². The van der Waals surface area contributed by atoms with Gasteiger partial charge in [0.1, 0.15) is 0 Å². The number of amides is 1. The number of carbonyl (C=O) groups is 2. The van der Waals surface area contributed by atoms with Crippen LogP contribution in [0.4, 0.5) is 0 Å². The van der Waals surface area contributed by atoms with E-state index in [0.717, 1.165) is 26.5 Å². The lowest BCUT2D eigenvalue weighted by molar-refractivity contribution is -0.154. The van der Waals surface area contributed by atoms with E-state index in [-0.39, 0.29) is 18.3 Å². The largest absolute Gasteiger partial charge is 0.453 e. The first-order valence-electron chi connectivity index (χ1n) is 8.46. The van der Waals surface area contributed by atoms with Gasteiger partial charge in [-0.05, 0) is 43.3 Å². The molecule has 7 heteroatoms. The van der Waals surface area contributed by atoms with Crippen molar-refractivity contribution in [2.75, 3.05) is 0 Å². The van der Waals surface area contributed by atoms with Crippen LogP contribution >= 0.6 is 22.7 Å². The van der Waals surface area contributed by atoms with Crippen molar-refractivity contribution in [2.24, 2.45) is 0 Å². The predicted molar refractivity (Wildman–Crippen MR) is 104 cm³/mol. The lowest BCUT2D eigenvalue weighted by Gasteiger charge is -2.13. The van der Waals surface area contributed by atoms with Gasteiger partial charge in [0.2, 0.25) is 0 Å². The number of nitrogens with one attached hydrogen (secondary N) is 1. The molecule has 0 aliphatic heterocycles. The Hall–Kier alpha value is -2.25. The molecular weight excluding hydrogens is 368 g/mol. The molecule has 0 fully saturated rings. The number of aryl methyl sites for hydroxylation is 1. The van der Waals surface area contributed by atoms with Crippen LogP contribution in [0.2, 0.25) is 0 Å². The van der Waals surface area contributed by atoms with Crippen molar-refractivity contribution in [1.29, 1.82) is 0 Å². The first kappa shape index (κ1) is 18.5. The molecular formula is C19H20N2O3S2. The molecule has 2 aromatic heterocycles. The highest BCUT2D eigenvalue weighted by Gasteiger charge is 2.17. The van der Waals surface area contributed by atoms with Crippen molar-refractivity contribution in [1.82, 2.24) is 10.3 Å². The Morgan fingerprint density at radius 3 is 2.85 bits per heavy atom. The molecule has 3 rings (SSSR count). The van der Waals surface area contributed by atoms with Crippen molar-refractivity contribution in [2.45, 2.75) is 38.8 Å². The fourth-order valence-corrected chi connectivity index (χ4v) is 4.11. The molecule has 2 heterocycles. The van der Waals surface area contributed by atoms with Crippen LogP contribution in [0.3, 0.4) is 0 Å². The van der Waals surface area contributed by atoms with Crippen LogP contribution in [0.15, 0.2) is 41.8 Å². The van der Waals surface area contributed by atoms with E-state index in [1.807, 2.05) is 41.8 Å². The van der Waals surface area contributed by atoms with Crippen LogP contribution < -0.4 is 5.32 Å². The summed E-state index contributed by atoms with van der Waals surface area (Å²) in [6.45, 7) is 2.05. The van der Waals surface area contributed by atoms with Gasteiger partial charge in [0, 0.05) is 11.3 Å². The normalized spacial score (nSPS) is 12.0. The Morgan fingerprint density at radius 1 is 1.23 bits per heavy atom. The maximum absolute atomic E-state index is 12.0. The number of carbonyl (C=O) groups excluding carboxylic acids is 2.